The van der Waals surface area contributed by atoms with Crippen molar-refractivity contribution < 1.29 is 18.8 Å². The molecule has 1 N–H and O–H groups in total. The number of rotatable bonds is 10. The van der Waals surface area contributed by atoms with Gasteiger partial charge >= 0.3 is 0 Å². The van der Waals surface area contributed by atoms with Crippen LogP contribution in [-0.2, 0) is 15.3 Å². The minimum atomic E-state index is -0.535. The molecular weight excluding hydrogens is 524 g/mol. The Hall–Kier alpha value is -3.85. The fourth-order valence-electron chi connectivity index (χ4n) is 5.86. The lowest BCUT2D eigenvalue weighted by Crippen LogP contribution is -2.45. The molecule has 8 nitrogen and oxygen atoms in total. The van der Waals surface area contributed by atoms with Crippen molar-refractivity contribution in [2.75, 3.05) is 29.9 Å². The van der Waals surface area contributed by atoms with Gasteiger partial charge < -0.3 is 14.2 Å². The lowest BCUT2D eigenvalue weighted by atomic mass is 9.85. The molecule has 5 rings (SSSR count). The lowest BCUT2D eigenvalue weighted by Gasteiger charge is -2.33. The first-order chi connectivity index (χ1) is 19.5. The van der Waals surface area contributed by atoms with Crippen molar-refractivity contribution in [2.45, 2.75) is 50.3 Å². The van der Waals surface area contributed by atoms with E-state index in [9.17, 15) is 14.4 Å². The van der Waals surface area contributed by atoms with Gasteiger partial charge in [0, 0.05) is 42.5 Å². The molecule has 1 aliphatic heterocycles. The quantitative estimate of drug-likeness (QED) is 0.196. The van der Waals surface area contributed by atoms with Gasteiger partial charge in [0.1, 0.15) is 11.6 Å². The van der Waals surface area contributed by atoms with Crippen LogP contribution in [0.4, 0.5) is 11.7 Å². The number of carbonyl (C=O) groups excluding carboxylic acids is 3. The highest BCUT2D eigenvalue weighted by atomic mass is 32.1. The molecule has 0 spiro atoms. The molecule has 0 radical (unpaired) electrons. The van der Waals surface area contributed by atoms with Crippen molar-refractivity contribution in [3.05, 3.63) is 65.2 Å². The van der Waals surface area contributed by atoms with Crippen molar-refractivity contribution in [2.24, 2.45) is 0 Å². The second-order valence-corrected chi connectivity index (χ2v) is 10.6. The molecule has 2 heterocycles. The third kappa shape index (κ3) is 5.30. The van der Waals surface area contributed by atoms with Crippen LogP contribution in [0.5, 0.6) is 0 Å². The van der Waals surface area contributed by atoms with E-state index < -0.39 is 6.04 Å². The summed E-state index contributed by atoms with van der Waals surface area (Å²) in [7, 11) is 1.85. The van der Waals surface area contributed by atoms with Crippen LogP contribution in [0.25, 0.3) is 21.9 Å². The molecule has 1 aromatic heterocycles. The first-order valence-electron chi connectivity index (χ1n) is 13.7. The fraction of sp³-hybridized carbons (Fsp3) is 0.355. The predicted octanol–water partition coefficient (Wildman–Crippen LogP) is 5.48. The minimum Gasteiger partial charge on any atom is -0.423 e. The van der Waals surface area contributed by atoms with E-state index in [2.05, 4.69) is 35.0 Å². The maximum Gasteiger partial charge on any atom is 0.298 e. The summed E-state index contributed by atoms with van der Waals surface area (Å²) in [5, 5.41) is 4.15. The molecule has 9 heteroatoms. The van der Waals surface area contributed by atoms with E-state index in [-0.39, 0.29) is 5.91 Å². The number of nitrogens with zero attached hydrogens (tertiary/aromatic N) is 3. The highest BCUT2D eigenvalue weighted by molar-refractivity contribution is 7.79. The summed E-state index contributed by atoms with van der Waals surface area (Å²) in [5.41, 5.74) is 5.30. The van der Waals surface area contributed by atoms with Gasteiger partial charge in [0.2, 0.25) is 12.3 Å². The molecule has 0 aliphatic carbocycles. The normalized spacial score (nSPS) is 14.8. The zero-order valence-corrected chi connectivity index (χ0v) is 23.7. The van der Waals surface area contributed by atoms with Crippen molar-refractivity contribution in [1.29, 1.82) is 0 Å². The smallest absolute Gasteiger partial charge is 0.298 e. The number of piperidine rings is 1. The number of benzene rings is 3. The van der Waals surface area contributed by atoms with Gasteiger partial charge in [-0.25, -0.2) is 0 Å². The molecule has 1 aliphatic rings. The van der Waals surface area contributed by atoms with Crippen LogP contribution in [0.15, 0.2) is 52.9 Å². The summed E-state index contributed by atoms with van der Waals surface area (Å²) in [6.07, 6.45) is 4.47. The number of thiol groups is 1. The third-order valence-electron chi connectivity index (χ3n) is 7.95. The Morgan fingerprint density at radius 2 is 2.00 bits per heavy atom. The van der Waals surface area contributed by atoms with Crippen LogP contribution in [-0.4, -0.2) is 49.8 Å². The zero-order chi connectivity index (χ0) is 28.2. The predicted molar refractivity (Wildman–Crippen MR) is 162 cm³/mol. The van der Waals surface area contributed by atoms with E-state index in [1.807, 2.05) is 55.3 Å². The lowest BCUT2D eigenvalue weighted by molar-refractivity contribution is -0.126. The van der Waals surface area contributed by atoms with Crippen LogP contribution in [0.2, 0.25) is 0 Å². The van der Waals surface area contributed by atoms with Crippen molar-refractivity contribution in [3.8, 4) is 0 Å². The molecule has 0 bridgehead atoms. The maximum absolute atomic E-state index is 12.7. The van der Waals surface area contributed by atoms with Crippen LogP contribution in [0.1, 0.15) is 60.0 Å². The number of likely N-dealkylation sites (N-methyl/N-ethyl adjacent to an activating group) is 1. The highest BCUT2D eigenvalue weighted by Gasteiger charge is 2.28. The number of aldehydes is 1. The number of amides is 2. The number of anilines is 2. The Bertz CT molecular complexity index is 1540. The van der Waals surface area contributed by atoms with Crippen molar-refractivity contribution >= 4 is 64.8 Å². The average molecular weight is 559 g/mol. The van der Waals surface area contributed by atoms with Gasteiger partial charge in [-0.3, -0.25) is 19.7 Å². The molecule has 0 saturated carbocycles. The van der Waals surface area contributed by atoms with E-state index in [0.29, 0.717) is 36.1 Å². The van der Waals surface area contributed by atoms with Gasteiger partial charge in [0.25, 0.3) is 6.01 Å². The second-order valence-electron chi connectivity index (χ2n) is 10.3. The van der Waals surface area contributed by atoms with E-state index in [0.717, 1.165) is 71.8 Å². The summed E-state index contributed by atoms with van der Waals surface area (Å²) in [4.78, 5) is 44.7. The summed E-state index contributed by atoms with van der Waals surface area (Å²) < 4.78 is 6.06. The Labute approximate surface area is 239 Å². The molecule has 1 saturated heterocycles. The largest absolute Gasteiger partial charge is 0.423 e. The molecule has 1 unspecified atom stereocenters. The van der Waals surface area contributed by atoms with Crippen molar-refractivity contribution in [3.63, 3.8) is 0 Å². The zero-order valence-electron chi connectivity index (χ0n) is 22.8. The van der Waals surface area contributed by atoms with Gasteiger partial charge in [-0.2, -0.15) is 17.6 Å². The molecule has 1 fully saturated rings. The van der Waals surface area contributed by atoms with E-state index in [4.69, 9.17) is 9.40 Å². The number of imide groups is 1. The monoisotopic (exact) mass is 558 g/mol. The van der Waals surface area contributed by atoms with Crippen molar-refractivity contribution in [1.82, 2.24) is 10.3 Å². The number of fused-ring (bicyclic) bond motifs is 2. The second kappa shape index (κ2) is 12.1. The SMILES string of the molecule is CCCC(C(=O)NC=O)N(C)c1ccc(C2CCN(c3nc4cc(CS)ccc4o3)CC2)c2cccc(C=O)c12. The fourth-order valence-corrected chi connectivity index (χ4v) is 6.06. The summed E-state index contributed by atoms with van der Waals surface area (Å²) in [6.45, 7) is 3.61. The first kappa shape index (κ1) is 27.7. The van der Waals surface area contributed by atoms with Crippen LogP contribution >= 0.6 is 12.6 Å². The van der Waals surface area contributed by atoms with Gasteiger partial charge in [-0.05, 0) is 59.9 Å². The van der Waals surface area contributed by atoms with Gasteiger partial charge in [-0.15, -0.1) is 0 Å². The standard InChI is InChI=1S/C31H34N4O4S/c1-3-5-27(30(38)32-19-37)34(2)26-10-9-23(24-7-4-6-22(17-36)29(24)26)21-12-14-35(15-13-21)31-33-25-16-20(18-40)8-11-28(25)39-31/h4,6-11,16-17,19,21,27,40H,3,5,12-15,18H2,1-2H3,(H,32,37,38). The number of oxazole rings is 1. The number of nitrogens with one attached hydrogen (secondary N) is 1. The highest BCUT2D eigenvalue weighted by Crippen LogP contribution is 2.40. The summed E-state index contributed by atoms with van der Waals surface area (Å²) in [5.74, 6) is 0.599. The van der Waals surface area contributed by atoms with Gasteiger partial charge in [-0.1, -0.05) is 43.7 Å². The summed E-state index contributed by atoms with van der Waals surface area (Å²) >= 11 is 4.36. The molecule has 1 atom stereocenters. The Morgan fingerprint density at radius 1 is 1.20 bits per heavy atom. The minimum absolute atomic E-state index is 0.296. The topological polar surface area (TPSA) is 95.8 Å². The first-order valence-corrected chi connectivity index (χ1v) is 14.3. The Kier molecular flexibility index (Phi) is 8.40. The molecule has 4 aromatic rings. The Balaban J connectivity index is 1.43. The molecule has 40 heavy (non-hydrogen) atoms. The molecule has 208 valence electrons. The maximum atomic E-state index is 12.7. The van der Waals surface area contributed by atoms with Crippen LogP contribution < -0.4 is 15.1 Å². The number of aromatic nitrogens is 1. The third-order valence-corrected chi connectivity index (χ3v) is 8.32. The molecular formula is C31H34N4O4S. The number of hydrogen-bond acceptors (Lipinski definition) is 8. The van der Waals surface area contributed by atoms with Crippen LogP contribution in [0, 0.1) is 0 Å². The van der Waals surface area contributed by atoms with Gasteiger partial charge in [0.05, 0.1) is 0 Å². The molecule has 3 aromatic carbocycles. The van der Waals surface area contributed by atoms with Gasteiger partial charge in [0.15, 0.2) is 11.9 Å². The number of hydrogen-bond donors (Lipinski definition) is 2. The number of carbonyl (C=O) groups is 3. The summed E-state index contributed by atoms with van der Waals surface area (Å²) in [6, 6.07) is 16.0. The van der Waals surface area contributed by atoms with E-state index in [1.165, 1.54) is 5.56 Å². The molecule has 2 amide bonds. The van der Waals surface area contributed by atoms with E-state index >= 15 is 0 Å². The van der Waals surface area contributed by atoms with E-state index in [1.54, 1.807) is 0 Å². The Morgan fingerprint density at radius 3 is 2.70 bits per heavy atom. The van der Waals surface area contributed by atoms with Crippen LogP contribution in [0.3, 0.4) is 0 Å². The average Bonchev–Trinajstić information content (AvgIpc) is 3.42.